The van der Waals surface area contributed by atoms with Crippen molar-refractivity contribution in [3.05, 3.63) is 60.3 Å². The molecule has 210 valence electrons. The van der Waals surface area contributed by atoms with Crippen LogP contribution in [-0.2, 0) is 10.0 Å². The van der Waals surface area contributed by atoms with Gasteiger partial charge in [-0.2, -0.15) is 0 Å². The van der Waals surface area contributed by atoms with Crippen LogP contribution in [0.5, 0.6) is 5.88 Å². The minimum Gasteiger partial charge on any atom is -0.477 e. The number of nitrogens with zero attached hydrogens (tertiary/aromatic N) is 4. The van der Waals surface area contributed by atoms with E-state index in [0.717, 1.165) is 12.8 Å². The van der Waals surface area contributed by atoms with E-state index >= 15 is 0 Å². The second-order valence-corrected chi connectivity index (χ2v) is 19.4. The molecule has 1 aromatic carbocycles. The molecule has 1 fully saturated rings. The highest BCUT2D eigenvalue weighted by Gasteiger charge is 2.39. The number of rotatable bonds is 10. The van der Waals surface area contributed by atoms with Crippen molar-refractivity contribution in [3.63, 3.8) is 0 Å². The van der Waals surface area contributed by atoms with E-state index in [9.17, 15) is 13.2 Å². The Morgan fingerprint density at radius 2 is 1.85 bits per heavy atom. The van der Waals surface area contributed by atoms with Crippen LogP contribution >= 0.6 is 0 Å². The molecule has 2 aromatic heterocycles. The molecule has 4 rings (SSSR count). The number of nitrogens with one attached hydrogen (secondary N) is 1. The highest BCUT2D eigenvalue weighted by Crippen LogP contribution is 2.37. The van der Waals surface area contributed by atoms with E-state index in [4.69, 9.17) is 9.72 Å². The minimum atomic E-state index is -4.04. The van der Waals surface area contributed by atoms with Crippen molar-refractivity contribution in [1.29, 1.82) is 0 Å². The van der Waals surface area contributed by atoms with Crippen molar-refractivity contribution in [2.45, 2.75) is 69.7 Å². The average molecular weight is 570 g/mol. The summed E-state index contributed by atoms with van der Waals surface area (Å²) < 4.78 is 35.5. The lowest BCUT2D eigenvalue weighted by Crippen LogP contribution is -2.41. The Morgan fingerprint density at radius 1 is 1.13 bits per heavy atom. The second-order valence-electron chi connectivity index (χ2n) is 12.1. The van der Waals surface area contributed by atoms with Gasteiger partial charge in [0.15, 0.2) is 5.82 Å². The molecule has 0 aliphatic carbocycles. The number of hydrogen-bond acceptors (Lipinski definition) is 7. The summed E-state index contributed by atoms with van der Waals surface area (Å²) in [5.74, 6) is 1.11. The van der Waals surface area contributed by atoms with E-state index in [0.29, 0.717) is 36.6 Å². The van der Waals surface area contributed by atoms with Crippen LogP contribution in [0, 0.1) is 5.92 Å². The van der Waals surface area contributed by atoms with E-state index in [2.05, 4.69) is 55.1 Å². The summed E-state index contributed by atoms with van der Waals surface area (Å²) in [4.78, 5) is 20.3. The fourth-order valence-corrected chi connectivity index (χ4v) is 7.23. The zero-order chi connectivity index (χ0) is 28.4. The predicted octanol–water partition coefficient (Wildman–Crippen LogP) is 5.12. The van der Waals surface area contributed by atoms with Crippen molar-refractivity contribution >= 4 is 29.8 Å². The maximum absolute atomic E-state index is 13.4. The third-order valence-corrected chi connectivity index (χ3v) is 10.0. The molecule has 0 radical (unpaired) electrons. The average Bonchev–Trinajstić information content (AvgIpc) is 3.44. The number of aromatic nitrogens is 3. The van der Waals surface area contributed by atoms with E-state index in [1.807, 2.05) is 0 Å². The van der Waals surface area contributed by atoms with Crippen LogP contribution in [0.15, 0.2) is 59.6 Å². The van der Waals surface area contributed by atoms with Gasteiger partial charge in [0.25, 0.3) is 15.9 Å². The van der Waals surface area contributed by atoms with Crippen molar-refractivity contribution < 1.29 is 17.9 Å². The molecule has 0 unspecified atom stereocenters. The van der Waals surface area contributed by atoms with Crippen molar-refractivity contribution in [3.8, 4) is 11.7 Å². The van der Waals surface area contributed by atoms with Gasteiger partial charge in [-0.15, -0.1) is 5.10 Å². The van der Waals surface area contributed by atoms with E-state index < -0.39 is 24.0 Å². The number of amides is 1. The molecule has 1 saturated heterocycles. The Bertz CT molecular complexity index is 1420. The third kappa shape index (κ3) is 7.07. The second kappa shape index (κ2) is 11.1. The number of sulfonamides is 1. The zero-order valence-corrected chi connectivity index (χ0v) is 25.5. The van der Waals surface area contributed by atoms with Crippen LogP contribution in [0.2, 0.25) is 25.7 Å². The summed E-state index contributed by atoms with van der Waals surface area (Å²) in [6.45, 7) is 14.7. The lowest BCUT2D eigenvalue weighted by molar-refractivity contribution is 0.0981. The number of benzene rings is 1. The van der Waals surface area contributed by atoms with Crippen molar-refractivity contribution in [1.82, 2.24) is 19.5 Å². The standard InChI is InChI=1S/C28H39N5O4SSi/c1-21-19-28(2,3)32(20-21)26-23(27(34)31-38(35,36)22-11-8-7-9-12-22)13-14-24(29-26)33-16-15-25(30-33)37-17-10-18-39(4,5)6/h7-9,11-16,21H,10,17-20H2,1-6H3,(H,31,34)/t21-/m0/s1. The first-order valence-corrected chi connectivity index (χ1v) is 18.5. The summed E-state index contributed by atoms with van der Waals surface area (Å²) in [7, 11) is -5.16. The molecule has 0 bridgehead atoms. The smallest absolute Gasteiger partial charge is 0.268 e. The molecule has 0 saturated carbocycles. The SMILES string of the molecule is C[C@@H]1CN(c2nc(-n3ccc(OCCC[Si](C)(C)C)n3)ccc2C(=O)NS(=O)(=O)c2ccccc2)C(C)(C)C1. The van der Waals surface area contributed by atoms with Crippen molar-refractivity contribution in [2.75, 3.05) is 18.1 Å². The summed E-state index contributed by atoms with van der Waals surface area (Å²) in [5, 5.41) is 4.54. The van der Waals surface area contributed by atoms with Crippen LogP contribution in [0.25, 0.3) is 5.82 Å². The van der Waals surface area contributed by atoms with E-state index in [1.165, 1.54) is 18.2 Å². The normalized spacial score (nSPS) is 17.3. The topological polar surface area (TPSA) is 106 Å². The third-order valence-electron chi connectivity index (χ3n) is 6.83. The Balaban J connectivity index is 1.62. The van der Waals surface area contributed by atoms with Gasteiger partial charge in [0.2, 0.25) is 5.88 Å². The first-order valence-electron chi connectivity index (χ1n) is 13.3. The summed E-state index contributed by atoms with van der Waals surface area (Å²) >= 11 is 0. The monoisotopic (exact) mass is 569 g/mol. The molecular formula is C28H39N5O4SSi. The van der Waals surface area contributed by atoms with Crippen LogP contribution in [0.1, 0.15) is 44.0 Å². The van der Waals surface area contributed by atoms with Crippen molar-refractivity contribution in [2.24, 2.45) is 5.92 Å². The molecular weight excluding hydrogens is 530 g/mol. The molecule has 1 atom stereocenters. The van der Waals surface area contributed by atoms with Gasteiger partial charge < -0.3 is 9.64 Å². The fourth-order valence-electron chi connectivity index (χ4n) is 5.04. The van der Waals surface area contributed by atoms with Gasteiger partial charge in [-0.05, 0) is 56.9 Å². The van der Waals surface area contributed by atoms with E-state index in [-0.39, 0.29) is 16.0 Å². The Hall–Kier alpha value is -3.18. The van der Waals surface area contributed by atoms with E-state index in [1.54, 1.807) is 47.3 Å². The van der Waals surface area contributed by atoms with Gasteiger partial charge in [0.05, 0.1) is 17.1 Å². The molecule has 3 aromatic rings. The number of carbonyl (C=O) groups is 1. The zero-order valence-electron chi connectivity index (χ0n) is 23.6. The molecule has 1 aliphatic heterocycles. The van der Waals surface area contributed by atoms with Crippen LogP contribution < -0.4 is 14.4 Å². The van der Waals surface area contributed by atoms with Crippen LogP contribution in [-0.4, -0.2) is 55.9 Å². The van der Waals surface area contributed by atoms with Gasteiger partial charge in [0, 0.05) is 32.4 Å². The molecule has 9 nitrogen and oxygen atoms in total. The number of pyridine rings is 1. The summed E-state index contributed by atoms with van der Waals surface area (Å²) in [6.07, 6.45) is 3.68. The van der Waals surface area contributed by atoms with Gasteiger partial charge in [-0.3, -0.25) is 4.79 Å². The maximum atomic E-state index is 13.4. The Labute approximate surface area is 232 Å². The molecule has 0 spiro atoms. The molecule has 3 heterocycles. The summed E-state index contributed by atoms with van der Waals surface area (Å²) in [6, 6.07) is 14.1. The van der Waals surface area contributed by atoms with Crippen LogP contribution in [0.3, 0.4) is 0 Å². The summed E-state index contributed by atoms with van der Waals surface area (Å²) in [5.41, 5.74) is -0.0805. The lowest BCUT2D eigenvalue weighted by Gasteiger charge is -2.34. The van der Waals surface area contributed by atoms with Gasteiger partial charge >= 0.3 is 0 Å². The molecule has 1 aliphatic rings. The molecule has 1 N–H and O–H groups in total. The quantitative estimate of drug-likeness (QED) is 0.267. The predicted molar refractivity (Wildman–Crippen MR) is 156 cm³/mol. The molecule has 39 heavy (non-hydrogen) atoms. The Kier molecular flexibility index (Phi) is 8.22. The highest BCUT2D eigenvalue weighted by atomic mass is 32.2. The maximum Gasteiger partial charge on any atom is 0.268 e. The Morgan fingerprint density at radius 3 is 2.49 bits per heavy atom. The molecule has 1 amide bonds. The van der Waals surface area contributed by atoms with Gasteiger partial charge in [-0.25, -0.2) is 22.8 Å². The fraction of sp³-hybridized carbons (Fsp3) is 0.464. The molecule has 11 heteroatoms. The van der Waals surface area contributed by atoms with Gasteiger partial charge in [-0.1, -0.05) is 50.8 Å². The number of hydrogen-bond donors (Lipinski definition) is 1. The minimum absolute atomic E-state index is 0.0218. The number of ether oxygens (including phenoxy) is 1. The largest absolute Gasteiger partial charge is 0.477 e. The highest BCUT2D eigenvalue weighted by molar-refractivity contribution is 7.90. The number of carbonyl (C=O) groups excluding carboxylic acids is 1. The number of anilines is 1. The first-order chi connectivity index (χ1) is 18.2. The lowest BCUT2D eigenvalue weighted by atomic mass is 9.97. The van der Waals surface area contributed by atoms with Crippen LogP contribution in [0.4, 0.5) is 5.82 Å². The van der Waals surface area contributed by atoms with Gasteiger partial charge in [0.1, 0.15) is 5.82 Å². The first kappa shape index (κ1) is 28.8.